The molecule has 1 aromatic carbocycles. The van der Waals surface area contributed by atoms with Crippen molar-refractivity contribution in [1.29, 1.82) is 0 Å². The minimum absolute atomic E-state index is 0.469. The molecule has 2 N–H and O–H groups in total. The van der Waals surface area contributed by atoms with Crippen molar-refractivity contribution in [2.75, 3.05) is 5.73 Å². The number of anilines is 1. The lowest BCUT2D eigenvalue weighted by Crippen LogP contribution is -1.97. The van der Waals surface area contributed by atoms with Gasteiger partial charge in [-0.25, -0.2) is 4.98 Å². The van der Waals surface area contributed by atoms with Gasteiger partial charge >= 0.3 is 0 Å². The molecule has 0 aliphatic heterocycles. The van der Waals surface area contributed by atoms with Crippen molar-refractivity contribution < 1.29 is 4.74 Å². The van der Waals surface area contributed by atoms with Gasteiger partial charge in [0.2, 0.25) is 5.88 Å². The Balaban J connectivity index is 2.29. The van der Waals surface area contributed by atoms with Gasteiger partial charge in [-0.3, -0.25) is 0 Å². The number of benzene rings is 1. The van der Waals surface area contributed by atoms with Crippen molar-refractivity contribution in [2.24, 2.45) is 0 Å². The molecule has 0 aliphatic rings. The zero-order valence-electron chi connectivity index (χ0n) is 11.9. The molecule has 3 heteroatoms. The third-order valence-corrected chi connectivity index (χ3v) is 3.11. The molecule has 0 atom stereocenters. The highest BCUT2D eigenvalue weighted by Gasteiger charge is 2.08. The molecule has 0 saturated carbocycles. The van der Waals surface area contributed by atoms with Gasteiger partial charge < -0.3 is 10.5 Å². The highest BCUT2D eigenvalue weighted by Crippen LogP contribution is 2.28. The van der Waals surface area contributed by atoms with Gasteiger partial charge in [0.15, 0.2) is 0 Å². The molecule has 1 heterocycles. The SMILES string of the molecule is Cc1ccc(N)c(Oc2ccc(C(C)C)c(C)c2)n1. The predicted octanol–water partition coefficient (Wildman–Crippen LogP) is 4.20. The van der Waals surface area contributed by atoms with Crippen LogP contribution in [0.15, 0.2) is 30.3 Å². The van der Waals surface area contributed by atoms with Crippen LogP contribution in [0, 0.1) is 13.8 Å². The fourth-order valence-corrected chi connectivity index (χ4v) is 2.10. The van der Waals surface area contributed by atoms with Crippen LogP contribution < -0.4 is 10.5 Å². The molecule has 0 spiro atoms. The van der Waals surface area contributed by atoms with Crippen LogP contribution in [0.1, 0.15) is 36.6 Å². The summed E-state index contributed by atoms with van der Waals surface area (Å²) in [6, 6.07) is 9.77. The quantitative estimate of drug-likeness (QED) is 0.895. The van der Waals surface area contributed by atoms with Gasteiger partial charge in [0.25, 0.3) is 0 Å². The van der Waals surface area contributed by atoms with Crippen molar-refractivity contribution in [3.63, 3.8) is 0 Å². The minimum Gasteiger partial charge on any atom is -0.437 e. The predicted molar refractivity (Wildman–Crippen MR) is 78.7 cm³/mol. The Hall–Kier alpha value is -2.03. The minimum atomic E-state index is 0.469. The van der Waals surface area contributed by atoms with E-state index >= 15 is 0 Å². The van der Waals surface area contributed by atoms with E-state index in [9.17, 15) is 0 Å². The Kier molecular flexibility index (Phi) is 3.74. The molecule has 0 amide bonds. The number of aromatic nitrogens is 1. The van der Waals surface area contributed by atoms with Gasteiger partial charge in [0.1, 0.15) is 5.75 Å². The van der Waals surface area contributed by atoms with Gasteiger partial charge in [-0.05, 0) is 55.2 Å². The standard InChI is InChI=1S/C16H20N2O/c1-10(2)14-7-6-13(9-11(14)3)19-16-15(17)8-5-12(4)18-16/h5-10H,17H2,1-4H3. The van der Waals surface area contributed by atoms with Crippen LogP contribution in [-0.4, -0.2) is 4.98 Å². The third kappa shape index (κ3) is 3.05. The summed E-state index contributed by atoms with van der Waals surface area (Å²) < 4.78 is 5.77. The van der Waals surface area contributed by atoms with Crippen molar-refractivity contribution in [2.45, 2.75) is 33.6 Å². The van der Waals surface area contributed by atoms with E-state index in [4.69, 9.17) is 10.5 Å². The zero-order chi connectivity index (χ0) is 14.0. The van der Waals surface area contributed by atoms with E-state index in [-0.39, 0.29) is 0 Å². The first-order valence-corrected chi connectivity index (χ1v) is 6.49. The van der Waals surface area contributed by atoms with Gasteiger partial charge in [-0.15, -0.1) is 0 Å². The van der Waals surface area contributed by atoms with E-state index in [1.54, 1.807) is 0 Å². The number of nitrogens with two attached hydrogens (primary N) is 1. The molecule has 0 unspecified atom stereocenters. The number of aryl methyl sites for hydroxylation is 2. The average Bonchev–Trinajstić information content (AvgIpc) is 2.33. The van der Waals surface area contributed by atoms with E-state index in [1.807, 2.05) is 31.2 Å². The largest absolute Gasteiger partial charge is 0.437 e. The second-order valence-corrected chi connectivity index (χ2v) is 5.12. The maximum absolute atomic E-state index is 5.87. The highest BCUT2D eigenvalue weighted by atomic mass is 16.5. The van der Waals surface area contributed by atoms with E-state index < -0.39 is 0 Å². The maximum atomic E-state index is 5.87. The van der Waals surface area contributed by atoms with E-state index in [2.05, 4.69) is 31.8 Å². The number of hydrogen-bond donors (Lipinski definition) is 1. The van der Waals surface area contributed by atoms with Crippen LogP contribution in [0.3, 0.4) is 0 Å². The zero-order valence-corrected chi connectivity index (χ0v) is 11.9. The lowest BCUT2D eigenvalue weighted by molar-refractivity contribution is 0.463. The summed E-state index contributed by atoms with van der Waals surface area (Å²) in [5.74, 6) is 1.75. The lowest BCUT2D eigenvalue weighted by atomic mass is 9.98. The van der Waals surface area contributed by atoms with Gasteiger partial charge in [-0.1, -0.05) is 19.9 Å². The van der Waals surface area contributed by atoms with Crippen LogP contribution in [0.4, 0.5) is 5.69 Å². The summed E-state index contributed by atoms with van der Waals surface area (Å²) in [6.45, 7) is 8.38. The second-order valence-electron chi connectivity index (χ2n) is 5.12. The third-order valence-electron chi connectivity index (χ3n) is 3.11. The first-order valence-electron chi connectivity index (χ1n) is 6.49. The molecule has 19 heavy (non-hydrogen) atoms. The molecule has 2 rings (SSSR count). The Morgan fingerprint density at radius 1 is 1.11 bits per heavy atom. The normalized spacial score (nSPS) is 10.8. The molecule has 2 aromatic rings. The molecule has 0 aliphatic carbocycles. The molecule has 100 valence electrons. The molecular weight excluding hydrogens is 236 g/mol. The van der Waals surface area contributed by atoms with Crippen molar-refractivity contribution in [3.05, 3.63) is 47.2 Å². The van der Waals surface area contributed by atoms with Crippen molar-refractivity contribution in [3.8, 4) is 11.6 Å². The summed E-state index contributed by atoms with van der Waals surface area (Å²) >= 11 is 0. The van der Waals surface area contributed by atoms with E-state index in [1.165, 1.54) is 11.1 Å². The highest BCUT2D eigenvalue weighted by molar-refractivity contribution is 5.50. The summed E-state index contributed by atoms with van der Waals surface area (Å²) in [6.07, 6.45) is 0. The Labute approximate surface area is 114 Å². The smallest absolute Gasteiger partial charge is 0.242 e. The number of rotatable bonds is 3. The molecule has 0 radical (unpaired) electrons. The molecule has 0 saturated heterocycles. The first kappa shape index (κ1) is 13.4. The Bertz CT molecular complexity index is 591. The number of hydrogen-bond acceptors (Lipinski definition) is 3. The number of ether oxygens (including phenoxy) is 1. The summed E-state index contributed by atoms with van der Waals surface area (Å²) in [7, 11) is 0. The summed E-state index contributed by atoms with van der Waals surface area (Å²) in [4.78, 5) is 4.31. The second kappa shape index (κ2) is 5.31. The van der Waals surface area contributed by atoms with E-state index in [0.29, 0.717) is 17.5 Å². The fraction of sp³-hybridized carbons (Fsp3) is 0.312. The van der Waals surface area contributed by atoms with Crippen LogP contribution in [0.25, 0.3) is 0 Å². The fourth-order valence-electron chi connectivity index (χ4n) is 2.10. The number of pyridine rings is 1. The Morgan fingerprint density at radius 3 is 2.47 bits per heavy atom. The van der Waals surface area contributed by atoms with Gasteiger partial charge in [0, 0.05) is 5.69 Å². The topological polar surface area (TPSA) is 48.1 Å². The molecule has 0 bridgehead atoms. The lowest BCUT2D eigenvalue weighted by Gasteiger charge is -2.12. The van der Waals surface area contributed by atoms with Crippen LogP contribution in [0.5, 0.6) is 11.6 Å². The van der Waals surface area contributed by atoms with Crippen LogP contribution in [0.2, 0.25) is 0 Å². The van der Waals surface area contributed by atoms with Gasteiger partial charge in [0.05, 0.1) is 5.69 Å². The van der Waals surface area contributed by atoms with E-state index in [0.717, 1.165) is 11.4 Å². The van der Waals surface area contributed by atoms with Crippen LogP contribution in [-0.2, 0) is 0 Å². The van der Waals surface area contributed by atoms with Crippen molar-refractivity contribution in [1.82, 2.24) is 4.98 Å². The molecule has 3 nitrogen and oxygen atoms in total. The van der Waals surface area contributed by atoms with Gasteiger partial charge in [-0.2, -0.15) is 0 Å². The number of nitrogens with zero attached hydrogens (tertiary/aromatic N) is 1. The maximum Gasteiger partial charge on any atom is 0.242 e. The Morgan fingerprint density at radius 2 is 1.84 bits per heavy atom. The summed E-state index contributed by atoms with van der Waals surface area (Å²) in [5, 5.41) is 0. The van der Waals surface area contributed by atoms with Crippen LogP contribution >= 0.6 is 0 Å². The molecular formula is C16H20N2O. The number of nitrogen functional groups attached to an aromatic ring is 1. The molecule has 1 aromatic heterocycles. The average molecular weight is 256 g/mol. The summed E-state index contributed by atoms with van der Waals surface area (Å²) in [5.41, 5.74) is 9.86. The first-order chi connectivity index (χ1) is 8.97. The monoisotopic (exact) mass is 256 g/mol. The molecule has 0 fully saturated rings. The van der Waals surface area contributed by atoms with Crippen molar-refractivity contribution >= 4 is 5.69 Å².